The molecule has 1 heteroatoms. The molecule has 2 unspecified atom stereocenters. The summed E-state index contributed by atoms with van der Waals surface area (Å²) in [6, 6.07) is 0. The lowest BCUT2D eigenvalue weighted by Gasteiger charge is -2.40. The summed E-state index contributed by atoms with van der Waals surface area (Å²) in [4.78, 5) is 0. The van der Waals surface area contributed by atoms with Gasteiger partial charge in [0.05, 0.1) is 0 Å². The molecule has 1 aliphatic carbocycles. The van der Waals surface area contributed by atoms with Gasteiger partial charge in [-0.3, -0.25) is 0 Å². The topological polar surface area (TPSA) is 0 Å². The average Bonchev–Trinajstić information content (AvgIpc) is 2.55. The molecule has 1 aliphatic heterocycles. The van der Waals surface area contributed by atoms with Crippen molar-refractivity contribution in [2.45, 2.75) is 56.6 Å². The largest absolute Gasteiger partial charge is 0.155 e. The Balaban J connectivity index is 2.07. The van der Waals surface area contributed by atoms with Crippen LogP contribution in [0.4, 0.5) is 0 Å². The van der Waals surface area contributed by atoms with Crippen LogP contribution in [0.25, 0.3) is 0 Å². The summed E-state index contributed by atoms with van der Waals surface area (Å²) in [6.45, 7) is 2.39. The van der Waals surface area contributed by atoms with Gasteiger partial charge in [0, 0.05) is 4.75 Å². The fourth-order valence-electron chi connectivity index (χ4n) is 3.10. The third-order valence-corrected chi connectivity index (χ3v) is 5.58. The molecule has 2 rings (SSSR count). The third kappa shape index (κ3) is 1.41. The van der Waals surface area contributed by atoms with Crippen molar-refractivity contribution < 1.29 is 0 Å². The van der Waals surface area contributed by atoms with E-state index >= 15 is 0 Å². The maximum absolute atomic E-state index is 2.39. The van der Waals surface area contributed by atoms with Gasteiger partial charge in [-0.05, 0) is 37.4 Å². The van der Waals surface area contributed by atoms with Crippen molar-refractivity contribution in [3.8, 4) is 0 Å². The Morgan fingerprint density at radius 2 is 2.08 bits per heavy atom. The molecule has 0 amide bonds. The zero-order valence-electron chi connectivity index (χ0n) is 8.14. The molecule has 0 N–H and O–H groups in total. The Morgan fingerprint density at radius 3 is 2.75 bits per heavy atom. The second-order valence-electron chi connectivity index (χ2n) is 4.37. The molecule has 0 aromatic heterocycles. The van der Waals surface area contributed by atoms with Gasteiger partial charge in [0.2, 0.25) is 0 Å². The minimum atomic E-state index is 0.757. The maximum atomic E-state index is 2.39. The summed E-state index contributed by atoms with van der Waals surface area (Å²) in [5.74, 6) is 2.50. The van der Waals surface area contributed by atoms with Crippen LogP contribution >= 0.6 is 11.8 Å². The smallest absolute Gasteiger partial charge is 0.0188 e. The molecule has 2 atom stereocenters. The molecule has 1 saturated heterocycles. The van der Waals surface area contributed by atoms with E-state index in [0.717, 1.165) is 10.7 Å². The zero-order valence-corrected chi connectivity index (χ0v) is 8.96. The van der Waals surface area contributed by atoms with Gasteiger partial charge in [0.25, 0.3) is 0 Å². The Hall–Kier alpha value is 0.350. The van der Waals surface area contributed by atoms with Gasteiger partial charge < -0.3 is 0 Å². The lowest BCUT2D eigenvalue weighted by Crippen LogP contribution is -2.34. The van der Waals surface area contributed by atoms with E-state index in [0.29, 0.717) is 0 Å². The standard InChI is InChI=1S/C11H20S/c1-2-10-6-3-4-7-11(10)8-5-9-12-11/h10H,2-9H2,1H3. The van der Waals surface area contributed by atoms with Crippen molar-refractivity contribution in [2.75, 3.05) is 5.75 Å². The summed E-state index contributed by atoms with van der Waals surface area (Å²) in [5.41, 5.74) is 0. The lowest BCUT2D eigenvalue weighted by molar-refractivity contribution is 0.259. The van der Waals surface area contributed by atoms with E-state index in [1.807, 2.05) is 0 Å². The van der Waals surface area contributed by atoms with Crippen LogP contribution < -0.4 is 0 Å². The van der Waals surface area contributed by atoms with Gasteiger partial charge in [0.1, 0.15) is 0 Å². The van der Waals surface area contributed by atoms with E-state index in [1.54, 1.807) is 0 Å². The van der Waals surface area contributed by atoms with Crippen molar-refractivity contribution in [3.63, 3.8) is 0 Å². The van der Waals surface area contributed by atoms with Gasteiger partial charge in [-0.1, -0.05) is 26.2 Å². The third-order valence-electron chi connectivity index (χ3n) is 3.77. The minimum Gasteiger partial charge on any atom is -0.155 e. The summed E-state index contributed by atoms with van der Waals surface area (Å²) in [7, 11) is 0. The summed E-state index contributed by atoms with van der Waals surface area (Å²) < 4.78 is 0.757. The zero-order chi connectivity index (χ0) is 8.44. The minimum absolute atomic E-state index is 0.757. The highest BCUT2D eigenvalue weighted by Gasteiger charge is 2.42. The molecule has 1 saturated carbocycles. The summed E-state index contributed by atoms with van der Waals surface area (Å²) in [5, 5.41) is 0. The molecule has 0 bridgehead atoms. The first kappa shape index (κ1) is 8.93. The Bertz CT molecular complexity index is 147. The molecule has 2 aliphatic rings. The Morgan fingerprint density at radius 1 is 1.25 bits per heavy atom. The van der Waals surface area contributed by atoms with E-state index in [2.05, 4.69) is 18.7 Å². The second-order valence-corrected chi connectivity index (χ2v) is 5.88. The van der Waals surface area contributed by atoms with Crippen molar-refractivity contribution in [2.24, 2.45) is 5.92 Å². The highest BCUT2D eigenvalue weighted by molar-refractivity contribution is 8.00. The Labute approximate surface area is 80.5 Å². The predicted octanol–water partition coefficient (Wildman–Crippen LogP) is 3.85. The molecule has 12 heavy (non-hydrogen) atoms. The fourth-order valence-corrected chi connectivity index (χ4v) is 4.89. The SMILES string of the molecule is CCC1CCCCC12CCCS2. The van der Waals surface area contributed by atoms with E-state index in [-0.39, 0.29) is 0 Å². The van der Waals surface area contributed by atoms with Gasteiger partial charge >= 0.3 is 0 Å². The monoisotopic (exact) mass is 184 g/mol. The quantitative estimate of drug-likeness (QED) is 0.596. The molecule has 0 radical (unpaired) electrons. The van der Waals surface area contributed by atoms with Crippen LogP contribution in [0.1, 0.15) is 51.9 Å². The van der Waals surface area contributed by atoms with Crippen LogP contribution in [-0.4, -0.2) is 10.5 Å². The van der Waals surface area contributed by atoms with Crippen LogP contribution in [0.5, 0.6) is 0 Å². The molecule has 70 valence electrons. The average molecular weight is 184 g/mol. The molecular formula is C11H20S. The summed E-state index contributed by atoms with van der Waals surface area (Å²) in [6.07, 6.45) is 10.5. The fraction of sp³-hybridized carbons (Fsp3) is 1.00. The predicted molar refractivity (Wildman–Crippen MR) is 56.7 cm³/mol. The van der Waals surface area contributed by atoms with Crippen LogP contribution in [-0.2, 0) is 0 Å². The van der Waals surface area contributed by atoms with Gasteiger partial charge in [-0.15, -0.1) is 0 Å². The number of hydrogen-bond donors (Lipinski definition) is 0. The lowest BCUT2D eigenvalue weighted by atomic mass is 9.75. The highest BCUT2D eigenvalue weighted by atomic mass is 32.2. The van der Waals surface area contributed by atoms with Gasteiger partial charge in [-0.2, -0.15) is 11.8 Å². The first-order chi connectivity index (χ1) is 5.87. The van der Waals surface area contributed by atoms with Crippen LogP contribution in [0.15, 0.2) is 0 Å². The van der Waals surface area contributed by atoms with Crippen LogP contribution in [0.3, 0.4) is 0 Å². The second kappa shape index (κ2) is 3.61. The molecule has 1 spiro atoms. The first-order valence-electron chi connectivity index (χ1n) is 5.51. The number of thioether (sulfide) groups is 1. The van der Waals surface area contributed by atoms with Crippen molar-refractivity contribution in [1.82, 2.24) is 0 Å². The van der Waals surface area contributed by atoms with E-state index in [9.17, 15) is 0 Å². The van der Waals surface area contributed by atoms with E-state index in [1.165, 1.54) is 50.7 Å². The molecule has 1 heterocycles. The van der Waals surface area contributed by atoms with Gasteiger partial charge in [0.15, 0.2) is 0 Å². The van der Waals surface area contributed by atoms with Crippen LogP contribution in [0.2, 0.25) is 0 Å². The van der Waals surface area contributed by atoms with Crippen molar-refractivity contribution >= 4 is 11.8 Å². The molecule has 2 fully saturated rings. The highest BCUT2D eigenvalue weighted by Crippen LogP contribution is 2.52. The van der Waals surface area contributed by atoms with Crippen molar-refractivity contribution in [1.29, 1.82) is 0 Å². The molecule has 0 aromatic rings. The molecular weight excluding hydrogens is 164 g/mol. The first-order valence-corrected chi connectivity index (χ1v) is 6.50. The van der Waals surface area contributed by atoms with Crippen LogP contribution in [0, 0.1) is 5.92 Å². The number of hydrogen-bond acceptors (Lipinski definition) is 1. The van der Waals surface area contributed by atoms with E-state index in [4.69, 9.17) is 0 Å². The summed E-state index contributed by atoms with van der Waals surface area (Å²) >= 11 is 2.30. The molecule has 0 aromatic carbocycles. The van der Waals surface area contributed by atoms with Crippen molar-refractivity contribution in [3.05, 3.63) is 0 Å². The Kier molecular flexibility index (Phi) is 2.69. The maximum Gasteiger partial charge on any atom is 0.0188 e. The van der Waals surface area contributed by atoms with E-state index < -0.39 is 0 Å². The number of rotatable bonds is 1. The molecule has 0 nitrogen and oxygen atoms in total. The van der Waals surface area contributed by atoms with Gasteiger partial charge in [-0.25, -0.2) is 0 Å². The normalized spacial score (nSPS) is 42.2.